The molecule has 1 aromatic carbocycles. The number of hydrogen-bond donors (Lipinski definition) is 1. The summed E-state index contributed by atoms with van der Waals surface area (Å²) in [5.41, 5.74) is 2.56. The minimum atomic E-state index is -0.196. The fraction of sp³-hybridized carbons (Fsp3) is 0.267. The molecule has 1 saturated carbocycles. The van der Waals surface area contributed by atoms with Crippen molar-refractivity contribution in [2.45, 2.75) is 25.4 Å². The first-order valence-electron chi connectivity index (χ1n) is 6.25. The van der Waals surface area contributed by atoms with Gasteiger partial charge in [-0.2, -0.15) is 0 Å². The van der Waals surface area contributed by atoms with E-state index < -0.39 is 0 Å². The number of halogens is 1. The van der Waals surface area contributed by atoms with E-state index in [4.69, 9.17) is 0 Å². The zero-order chi connectivity index (χ0) is 12.4. The Hall–Kier alpha value is -1.74. The molecule has 2 nitrogen and oxygen atoms in total. The Morgan fingerprint density at radius 3 is 2.89 bits per heavy atom. The number of nitrogens with zero attached hydrogens (tertiary/aromatic N) is 1. The Bertz CT molecular complexity index is 535. The predicted molar refractivity (Wildman–Crippen MR) is 69.5 cm³/mol. The summed E-state index contributed by atoms with van der Waals surface area (Å²) in [6.07, 6.45) is 5.91. The molecule has 3 heteroatoms. The molecular weight excluding hydrogens is 227 g/mol. The van der Waals surface area contributed by atoms with Crippen LogP contribution in [0.4, 0.5) is 4.39 Å². The molecule has 1 aliphatic rings. The summed E-state index contributed by atoms with van der Waals surface area (Å²) in [5.74, 6) is -0.196. The van der Waals surface area contributed by atoms with Crippen molar-refractivity contribution in [3.63, 3.8) is 0 Å². The van der Waals surface area contributed by atoms with Crippen LogP contribution in [0.25, 0.3) is 11.1 Å². The molecule has 1 fully saturated rings. The lowest BCUT2D eigenvalue weighted by Gasteiger charge is -2.07. The number of nitrogens with one attached hydrogen (secondary N) is 1. The molecule has 0 amide bonds. The maximum absolute atomic E-state index is 13.8. The lowest BCUT2D eigenvalue weighted by molar-refractivity contribution is 0.628. The molecule has 1 aromatic heterocycles. The fourth-order valence-electron chi connectivity index (χ4n) is 1.98. The van der Waals surface area contributed by atoms with E-state index >= 15 is 0 Å². The molecule has 2 aromatic rings. The minimum absolute atomic E-state index is 0.196. The molecule has 92 valence electrons. The van der Waals surface area contributed by atoms with Crippen LogP contribution in [-0.2, 0) is 6.54 Å². The number of hydrogen-bond acceptors (Lipinski definition) is 2. The number of rotatable bonds is 4. The van der Waals surface area contributed by atoms with Crippen molar-refractivity contribution in [1.29, 1.82) is 0 Å². The lowest BCUT2D eigenvalue weighted by atomic mass is 10.0. The lowest BCUT2D eigenvalue weighted by Crippen LogP contribution is -2.15. The third kappa shape index (κ3) is 2.57. The average molecular weight is 242 g/mol. The highest BCUT2D eigenvalue weighted by molar-refractivity contribution is 5.63. The zero-order valence-corrected chi connectivity index (χ0v) is 10.1. The molecule has 0 aliphatic heterocycles. The van der Waals surface area contributed by atoms with Gasteiger partial charge in [-0.25, -0.2) is 4.39 Å². The van der Waals surface area contributed by atoms with Gasteiger partial charge in [0.25, 0.3) is 0 Å². The van der Waals surface area contributed by atoms with E-state index in [1.54, 1.807) is 12.4 Å². The van der Waals surface area contributed by atoms with E-state index in [1.165, 1.54) is 18.9 Å². The van der Waals surface area contributed by atoms with Gasteiger partial charge in [0.15, 0.2) is 0 Å². The summed E-state index contributed by atoms with van der Waals surface area (Å²) in [7, 11) is 0. The molecule has 18 heavy (non-hydrogen) atoms. The maximum atomic E-state index is 13.8. The second kappa shape index (κ2) is 4.86. The third-order valence-corrected chi connectivity index (χ3v) is 3.18. The van der Waals surface area contributed by atoms with Crippen molar-refractivity contribution in [2.75, 3.05) is 0 Å². The second-order valence-electron chi connectivity index (χ2n) is 4.71. The molecule has 1 heterocycles. The van der Waals surface area contributed by atoms with Crippen LogP contribution in [0.5, 0.6) is 0 Å². The molecule has 0 unspecified atom stereocenters. The van der Waals surface area contributed by atoms with Gasteiger partial charge in [0.05, 0.1) is 0 Å². The SMILES string of the molecule is Fc1ccc(CNC2CC2)cc1-c1cccnc1. The molecule has 3 rings (SSSR count). The maximum Gasteiger partial charge on any atom is 0.131 e. The standard InChI is InChI=1S/C15H15FN2/c16-15-6-3-11(9-18-13-4-5-13)8-14(15)12-2-1-7-17-10-12/h1-3,6-8,10,13,18H,4-5,9H2. The van der Waals surface area contributed by atoms with Gasteiger partial charge in [0.1, 0.15) is 5.82 Å². The van der Waals surface area contributed by atoms with Gasteiger partial charge < -0.3 is 5.32 Å². The van der Waals surface area contributed by atoms with Crippen LogP contribution in [-0.4, -0.2) is 11.0 Å². The van der Waals surface area contributed by atoms with Crippen molar-refractivity contribution in [3.8, 4) is 11.1 Å². The fourth-order valence-corrected chi connectivity index (χ4v) is 1.98. The quantitative estimate of drug-likeness (QED) is 0.891. The first kappa shape index (κ1) is 11.4. The minimum Gasteiger partial charge on any atom is -0.310 e. The summed E-state index contributed by atoms with van der Waals surface area (Å²) >= 11 is 0. The summed E-state index contributed by atoms with van der Waals surface area (Å²) in [6, 6.07) is 9.64. The summed E-state index contributed by atoms with van der Waals surface area (Å²) in [4.78, 5) is 4.03. The van der Waals surface area contributed by atoms with Gasteiger partial charge in [-0.05, 0) is 36.6 Å². The van der Waals surface area contributed by atoms with Crippen LogP contribution in [0.3, 0.4) is 0 Å². The van der Waals surface area contributed by atoms with E-state index in [1.807, 2.05) is 24.3 Å². The third-order valence-electron chi connectivity index (χ3n) is 3.18. The average Bonchev–Trinajstić information content (AvgIpc) is 3.23. The van der Waals surface area contributed by atoms with Crippen LogP contribution >= 0.6 is 0 Å². The Labute approximate surface area is 106 Å². The molecule has 0 radical (unpaired) electrons. The first-order chi connectivity index (χ1) is 8.83. The van der Waals surface area contributed by atoms with Crippen molar-refractivity contribution in [1.82, 2.24) is 10.3 Å². The van der Waals surface area contributed by atoms with Crippen LogP contribution < -0.4 is 5.32 Å². The van der Waals surface area contributed by atoms with Gasteiger partial charge in [0, 0.05) is 36.1 Å². The van der Waals surface area contributed by atoms with Gasteiger partial charge in [-0.15, -0.1) is 0 Å². The second-order valence-corrected chi connectivity index (χ2v) is 4.71. The Morgan fingerprint density at radius 2 is 2.17 bits per heavy atom. The van der Waals surface area contributed by atoms with E-state index in [0.717, 1.165) is 17.7 Å². The molecule has 0 bridgehead atoms. The Kier molecular flexibility index (Phi) is 3.07. The van der Waals surface area contributed by atoms with E-state index in [9.17, 15) is 4.39 Å². The highest BCUT2D eigenvalue weighted by atomic mass is 19.1. The van der Waals surface area contributed by atoms with Crippen molar-refractivity contribution in [3.05, 3.63) is 54.1 Å². The Morgan fingerprint density at radius 1 is 1.28 bits per heavy atom. The first-order valence-corrected chi connectivity index (χ1v) is 6.25. The number of aromatic nitrogens is 1. The normalized spacial score (nSPS) is 14.7. The smallest absolute Gasteiger partial charge is 0.131 e. The molecule has 0 spiro atoms. The van der Waals surface area contributed by atoms with Crippen molar-refractivity contribution in [2.24, 2.45) is 0 Å². The molecule has 0 saturated heterocycles. The van der Waals surface area contributed by atoms with Crippen LogP contribution in [0.15, 0.2) is 42.7 Å². The predicted octanol–water partition coefficient (Wildman–Crippen LogP) is 3.14. The Balaban J connectivity index is 1.85. The topological polar surface area (TPSA) is 24.9 Å². The van der Waals surface area contributed by atoms with Gasteiger partial charge in [-0.3, -0.25) is 4.98 Å². The monoisotopic (exact) mass is 242 g/mol. The van der Waals surface area contributed by atoms with E-state index in [-0.39, 0.29) is 5.82 Å². The summed E-state index contributed by atoms with van der Waals surface area (Å²) in [5, 5.41) is 3.43. The van der Waals surface area contributed by atoms with Crippen LogP contribution in [0.1, 0.15) is 18.4 Å². The number of pyridine rings is 1. The molecule has 1 N–H and O–H groups in total. The van der Waals surface area contributed by atoms with Crippen LogP contribution in [0.2, 0.25) is 0 Å². The van der Waals surface area contributed by atoms with Gasteiger partial charge in [-0.1, -0.05) is 12.1 Å². The van der Waals surface area contributed by atoms with Crippen molar-refractivity contribution < 1.29 is 4.39 Å². The van der Waals surface area contributed by atoms with Gasteiger partial charge in [0.2, 0.25) is 0 Å². The number of benzene rings is 1. The summed E-state index contributed by atoms with van der Waals surface area (Å²) in [6.45, 7) is 0.804. The van der Waals surface area contributed by atoms with E-state index in [2.05, 4.69) is 10.3 Å². The highest BCUT2D eigenvalue weighted by Crippen LogP contribution is 2.24. The van der Waals surface area contributed by atoms with Crippen molar-refractivity contribution >= 4 is 0 Å². The van der Waals surface area contributed by atoms with Gasteiger partial charge >= 0.3 is 0 Å². The largest absolute Gasteiger partial charge is 0.310 e. The highest BCUT2D eigenvalue weighted by Gasteiger charge is 2.20. The molecular formula is C15H15FN2. The van der Waals surface area contributed by atoms with Crippen LogP contribution in [0, 0.1) is 5.82 Å². The molecule has 0 atom stereocenters. The molecule has 1 aliphatic carbocycles. The summed E-state index contributed by atoms with van der Waals surface area (Å²) < 4.78 is 13.8. The van der Waals surface area contributed by atoms with E-state index in [0.29, 0.717) is 11.6 Å². The zero-order valence-electron chi connectivity index (χ0n) is 10.1.